The van der Waals surface area contributed by atoms with E-state index in [4.69, 9.17) is 5.73 Å². The fourth-order valence-corrected chi connectivity index (χ4v) is 2.57. The average Bonchev–Trinajstić information content (AvgIpc) is 2.79. The van der Waals surface area contributed by atoms with Crippen LogP contribution in [0.5, 0.6) is 0 Å². The van der Waals surface area contributed by atoms with Crippen LogP contribution in [0, 0.1) is 0 Å². The van der Waals surface area contributed by atoms with Gasteiger partial charge in [-0.15, -0.1) is 0 Å². The summed E-state index contributed by atoms with van der Waals surface area (Å²) in [5.41, 5.74) is 6.56. The van der Waals surface area contributed by atoms with Gasteiger partial charge in [-0.05, 0) is 32.8 Å². The summed E-state index contributed by atoms with van der Waals surface area (Å²) in [6.07, 6.45) is 7.49. The second-order valence-electron chi connectivity index (χ2n) is 5.64. The van der Waals surface area contributed by atoms with Crippen LogP contribution in [0.2, 0.25) is 0 Å². The Hall–Kier alpha value is -2.24. The average molecular weight is 270 g/mol. The molecule has 0 unspecified atom stereocenters. The van der Waals surface area contributed by atoms with Gasteiger partial charge in [-0.1, -0.05) is 0 Å². The molecule has 6 nitrogen and oxygen atoms in total. The highest BCUT2D eigenvalue weighted by Gasteiger charge is 2.33. The number of nitrogen functional groups attached to an aromatic ring is 1. The summed E-state index contributed by atoms with van der Waals surface area (Å²) in [6.45, 7) is 5.44. The minimum atomic E-state index is 0.120. The summed E-state index contributed by atoms with van der Waals surface area (Å²) in [7, 11) is 0. The van der Waals surface area contributed by atoms with Crippen molar-refractivity contribution >= 4 is 11.8 Å². The topological polar surface area (TPSA) is 80.8 Å². The van der Waals surface area contributed by atoms with E-state index < -0.39 is 0 Å². The predicted molar refractivity (Wildman–Crippen MR) is 78.1 cm³/mol. The molecule has 3 heterocycles. The Kier molecular flexibility index (Phi) is 3.00. The molecule has 0 amide bonds. The lowest BCUT2D eigenvalue weighted by molar-refractivity contribution is 0.510. The quantitative estimate of drug-likeness (QED) is 0.897. The Labute approximate surface area is 118 Å². The summed E-state index contributed by atoms with van der Waals surface area (Å²) in [4.78, 5) is 19.5. The van der Waals surface area contributed by atoms with Gasteiger partial charge >= 0.3 is 0 Å². The second kappa shape index (κ2) is 4.70. The normalized spacial score (nSPS) is 17.4. The molecule has 0 bridgehead atoms. The van der Waals surface area contributed by atoms with Gasteiger partial charge in [0.25, 0.3) is 0 Å². The SMILES string of the molecule is CC1(C)CCCN1c1ncc(-c2nccc(N)n2)cn1. The number of anilines is 2. The third kappa shape index (κ3) is 2.29. The van der Waals surface area contributed by atoms with E-state index in [9.17, 15) is 0 Å². The molecule has 0 atom stereocenters. The Morgan fingerprint density at radius 3 is 2.55 bits per heavy atom. The molecule has 1 aliphatic rings. The maximum atomic E-state index is 5.66. The molecule has 20 heavy (non-hydrogen) atoms. The molecule has 2 aromatic heterocycles. The molecule has 1 saturated heterocycles. The molecule has 3 rings (SSSR count). The van der Waals surface area contributed by atoms with Crippen LogP contribution in [0.1, 0.15) is 26.7 Å². The molecule has 1 aliphatic heterocycles. The summed E-state index contributed by atoms with van der Waals surface area (Å²) in [5.74, 6) is 1.76. The number of nitrogens with zero attached hydrogens (tertiary/aromatic N) is 5. The van der Waals surface area contributed by atoms with Crippen molar-refractivity contribution in [2.75, 3.05) is 17.2 Å². The lowest BCUT2D eigenvalue weighted by Crippen LogP contribution is -2.39. The first-order valence-corrected chi connectivity index (χ1v) is 6.75. The van der Waals surface area contributed by atoms with Crippen molar-refractivity contribution in [2.45, 2.75) is 32.2 Å². The molecule has 104 valence electrons. The highest BCUT2D eigenvalue weighted by molar-refractivity contribution is 5.55. The molecule has 2 aromatic rings. The van der Waals surface area contributed by atoms with Gasteiger partial charge in [-0.25, -0.2) is 19.9 Å². The molecule has 0 radical (unpaired) electrons. The van der Waals surface area contributed by atoms with Crippen LogP contribution in [0.4, 0.5) is 11.8 Å². The maximum Gasteiger partial charge on any atom is 0.225 e. The largest absolute Gasteiger partial charge is 0.384 e. The number of hydrogen-bond acceptors (Lipinski definition) is 6. The van der Waals surface area contributed by atoms with Crippen LogP contribution in [0.3, 0.4) is 0 Å². The van der Waals surface area contributed by atoms with Crippen molar-refractivity contribution in [1.82, 2.24) is 19.9 Å². The van der Waals surface area contributed by atoms with Gasteiger partial charge < -0.3 is 10.6 Å². The molecular weight excluding hydrogens is 252 g/mol. The van der Waals surface area contributed by atoms with Crippen LogP contribution in [0.25, 0.3) is 11.4 Å². The van der Waals surface area contributed by atoms with Crippen molar-refractivity contribution in [3.05, 3.63) is 24.7 Å². The third-order valence-corrected chi connectivity index (χ3v) is 3.72. The van der Waals surface area contributed by atoms with Gasteiger partial charge in [0, 0.05) is 30.7 Å². The zero-order valence-electron chi connectivity index (χ0n) is 11.7. The van der Waals surface area contributed by atoms with E-state index in [1.807, 2.05) is 0 Å². The number of hydrogen-bond donors (Lipinski definition) is 1. The zero-order chi connectivity index (χ0) is 14.2. The second-order valence-corrected chi connectivity index (χ2v) is 5.64. The first-order valence-electron chi connectivity index (χ1n) is 6.75. The Balaban J connectivity index is 1.88. The maximum absolute atomic E-state index is 5.66. The van der Waals surface area contributed by atoms with E-state index in [1.54, 1.807) is 24.7 Å². The van der Waals surface area contributed by atoms with Gasteiger partial charge in [-0.3, -0.25) is 0 Å². The van der Waals surface area contributed by atoms with Crippen LogP contribution >= 0.6 is 0 Å². The third-order valence-electron chi connectivity index (χ3n) is 3.72. The Bertz CT molecular complexity index is 607. The molecule has 0 aliphatic carbocycles. The minimum Gasteiger partial charge on any atom is -0.384 e. The van der Waals surface area contributed by atoms with Crippen molar-refractivity contribution < 1.29 is 0 Å². The molecule has 6 heteroatoms. The number of rotatable bonds is 2. The van der Waals surface area contributed by atoms with Crippen LogP contribution in [-0.2, 0) is 0 Å². The van der Waals surface area contributed by atoms with Crippen molar-refractivity contribution in [3.8, 4) is 11.4 Å². The number of nitrogens with two attached hydrogens (primary N) is 1. The summed E-state index contributed by atoms with van der Waals surface area (Å²) in [6, 6.07) is 1.66. The van der Waals surface area contributed by atoms with Crippen molar-refractivity contribution in [2.24, 2.45) is 0 Å². The molecule has 0 aromatic carbocycles. The van der Waals surface area contributed by atoms with Crippen molar-refractivity contribution in [1.29, 1.82) is 0 Å². The lowest BCUT2D eigenvalue weighted by Gasteiger charge is -2.31. The van der Waals surface area contributed by atoms with Gasteiger partial charge in [0.1, 0.15) is 5.82 Å². The molecule has 1 fully saturated rings. The van der Waals surface area contributed by atoms with Gasteiger partial charge in [0.15, 0.2) is 5.82 Å². The summed E-state index contributed by atoms with van der Waals surface area (Å²) < 4.78 is 0. The minimum absolute atomic E-state index is 0.120. The first-order chi connectivity index (χ1) is 9.56. The van der Waals surface area contributed by atoms with E-state index in [2.05, 4.69) is 38.7 Å². The Morgan fingerprint density at radius 2 is 1.95 bits per heavy atom. The van der Waals surface area contributed by atoms with Crippen LogP contribution in [-0.4, -0.2) is 32.0 Å². The Morgan fingerprint density at radius 1 is 1.20 bits per heavy atom. The number of aromatic nitrogens is 4. The van der Waals surface area contributed by atoms with Gasteiger partial charge in [-0.2, -0.15) is 0 Å². The fraction of sp³-hybridized carbons (Fsp3) is 0.429. The fourth-order valence-electron chi connectivity index (χ4n) is 2.57. The predicted octanol–water partition coefficient (Wildman–Crippen LogP) is 1.89. The van der Waals surface area contributed by atoms with Crippen molar-refractivity contribution in [3.63, 3.8) is 0 Å². The van der Waals surface area contributed by atoms with Gasteiger partial charge in [0.05, 0.1) is 5.56 Å². The summed E-state index contributed by atoms with van der Waals surface area (Å²) in [5, 5.41) is 0. The molecule has 0 spiro atoms. The highest BCUT2D eigenvalue weighted by atomic mass is 15.3. The van der Waals surface area contributed by atoms with E-state index in [0.717, 1.165) is 24.5 Å². The molecule has 2 N–H and O–H groups in total. The van der Waals surface area contributed by atoms with E-state index >= 15 is 0 Å². The smallest absolute Gasteiger partial charge is 0.225 e. The monoisotopic (exact) mass is 270 g/mol. The van der Waals surface area contributed by atoms with Crippen LogP contribution in [0.15, 0.2) is 24.7 Å². The van der Waals surface area contributed by atoms with E-state index in [1.165, 1.54) is 6.42 Å². The molecular formula is C14H18N6. The van der Waals surface area contributed by atoms with Gasteiger partial charge in [0.2, 0.25) is 5.95 Å². The van der Waals surface area contributed by atoms with Crippen LogP contribution < -0.4 is 10.6 Å². The highest BCUT2D eigenvalue weighted by Crippen LogP contribution is 2.31. The lowest BCUT2D eigenvalue weighted by atomic mass is 10.0. The first kappa shape index (κ1) is 12.8. The zero-order valence-corrected chi connectivity index (χ0v) is 11.7. The molecule has 0 saturated carbocycles. The van der Waals surface area contributed by atoms with E-state index in [-0.39, 0.29) is 5.54 Å². The summed E-state index contributed by atoms with van der Waals surface area (Å²) >= 11 is 0. The van der Waals surface area contributed by atoms with E-state index in [0.29, 0.717) is 11.6 Å². The standard InChI is InChI=1S/C14H18N6/c1-14(2)5-3-7-20(14)13-17-8-10(9-18-13)12-16-6-4-11(15)19-12/h4,6,8-9H,3,5,7H2,1-2H3,(H2,15,16,19).